The maximum atomic E-state index is 12.7. The predicted octanol–water partition coefficient (Wildman–Crippen LogP) is 1.66. The molecule has 2 fully saturated rings. The van der Waals surface area contributed by atoms with Crippen LogP contribution in [0.2, 0.25) is 0 Å². The van der Waals surface area contributed by atoms with Crippen molar-refractivity contribution in [2.75, 3.05) is 6.54 Å². The topological polar surface area (TPSA) is 92.4 Å². The summed E-state index contributed by atoms with van der Waals surface area (Å²) in [4.78, 5) is 24.2. The molecule has 1 amide bonds. The number of amides is 1. The van der Waals surface area contributed by atoms with E-state index >= 15 is 0 Å². The van der Waals surface area contributed by atoms with Crippen molar-refractivity contribution < 1.29 is 14.7 Å². The van der Waals surface area contributed by atoms with E-state index in [9.17, 15) is 14.7 Å². The molecule has 4 N–H and O–H groups in total. The quantitative estimate of drug-likeness (QED) is 0.669. The average Bonchev–Trinajstić information content (AvgIpc) is 3.25. The standard InChI is InChI=1S/C15H26N2O3/c1-14(13(19)20,11-6-7-11)17-12(18)15(10-16)8-4-2-3-5-9-15/h11H,2-10,16H2,1H3,(H,17,18)(H,19,20). The molecule has 0 saturated heterocycles. The number of carboxylic acid groups (broad SMARTS) is 1. The van der Waals surface area contributed by atoms with Crippen LogP contribution in [-0.2, 0) is 9.59 Å². The van der Waals surface area contributed by atoms with E-state index in [2.05, 4.69) is 5.32 Å². The number of hydrogen-bond acceptors (Lipinski definition) is 3. The van der Waals surface area contributed by atoms with Crippen molar-refractivity contribution in [3.8, 4) is 0 Å². The van der Waals surface area contributed by atoms with Crippen molar-refractivity contribution in [2.45, 2.75) is 63.8 Å². The minimum atomic E-state index is -1.13. The highest BCUT2D eigenvalue weighted by Crippen LogP contribution is 2.41. The molecular weight excluding hydrogens is 256 g/mol. The Balaban J connectivity index is 2.13. The lowest BCUT2D eigenvalue weighted by molar-refractivity contribution is -0.150. The second-order valence-electron chi connectivity index (χ2n) is 6.63. The molecule has 0 aliphatic heterocycles. The molecule has 2 rings (SSSR count). The highest BCUT2D eigenvalue weighted by molar-refractivity contribution is 5.90. The second-order valence-corrected chi connectivity index (χ2v) is 6.63. The maximum Gasteiger partial charge on any atom is 0.329 e. The number of aliphatic carboxylic acids is 1. The van der Waals surface area contributed by atoms with Gasteiger partial charge in [-0.05, 0) is 38.5 Å². The van der Waals surface area contributed by atoms with Gasteiger partial charge in [0.1, 0.15) is 5.54 Å². The third-order valence-electron chi connectivity index (χ3n) is 5.14. The number of nitrogens with two attached hydrogens (primary N) is 1. The third kappa shape index (κ3) is 2.82. The van der Waals surface area contributed by atoms with E-state index in [0.717, 1.165) is 51.4 Å². The molecule has 1 unspecified atom stereocenters. The molecule has 0 spiro atoms. The molecule has 2 aliphatic carbocycles. The Hall–Kier alpha value is -1.10. The van der Waals surface area contributed by atoms with Crippen LogP contribution >= 0.6 is 0 Å². The summed E-state index contributed by atoms with van der Waals surface area (Å²) in [6.07, 6.45) is 7.56. The van der Waals surface area contributed by atoms with Crippen LogP contribution in [0.3, 0.4) is 0 Å². The summed E-state index contributed by atoms with van der Waals surface area (Å²) >= 11 is 0. The SMILES string of the molecule is CC(NC(=O)C1(CN)CCCCCC1)(C(=O)O)C1CC1. The first-order valence-corrected chi connectivity index (χ1v) is 7.71. The van der Waals surface area contributed by atoms with Crippen LogP contribution in [-0.4, -0.2) is 29.1 Å². The molecular formula is C15H26N2O3. The Labute approximate surface area is 120 Å². The van der Waals surface area contributed by atoms with Gasteiger partial charge >= 0.3 is 5.97 Å². The van der Waals surface area contributed by atoms with Gasteiger partial charge in [-0.25, -0.2) is 4.79 Å². The van der Waals surface area contributed by atoms with Crippen molar-refractivity contribution in [1.82, 2.24) is 5.32 Å². The number of carboxylic acids is 1. The summed E-state index contributed by atoms with van der Waals surface area (Å²) < 4.78 is 0. The van der Waals surface area contributed by atoms with Gasteiger partial charge in [0, 0.05) is 6.54 Å². The van der Waals surface area contributed by atoms with Crippen LogP contribution in [0.5, 0.6) is 0 Å². The van der Waals surface area contributed by atoms with Crippen molar-refractivity contribution in [1.29, 1.82) is 0 Å². The lowest BCUT2D eigenvalue weighted by Gasteiger charge is -2.35. The minimum Gasteiger partial charge on any atom is -0.480 e. The van der Waals surface area contributed by atoms with Gasteiger partial charge in [0.25, 0.3) is 0 Å². The number of carbonyl (C=O) groups excluding carboxylic acids is 1. The van der Waals surface area contributed by atoms with Gasteiger partial charge in [0.15, 0.2) is 0 Å². The average molecular weight is 282 g/mol. The molecule has 0 aromatic rings. The first-order valence-electron chi connectivity index (χ1n) is 7.71. The van der Waals surface area contributed by atoms with Crippen molar-refractivity contribution in [3.63, 3.8) is 0 Å². The van der Waals surface area contributed by atoms with Gasteiger partial charge in [0.05, 0.1) is 5.41 Å². The summed E-state index contributed by atoms with van der Waals surface area (Å²) in [5.41, 5.74) is 4.19. The molecule has 0 aromatic heterocycles. The smallest absolute Gasteiger partial charge is 0.329 e. The fourth-order valence-electron chi connectivity index (χ4n) is 3.29. The van der Waals surface area contributed by atoms with Crippen molar-refractivity contribution >= 4 is 11.9 Å². The Kier molecular flexibility index (Phi) is 4.37. The van der Waals surface area contributed by atoms with E-state index in [1.807, 2.05) is 0 Å². The number of hydrogen-bond donors (Lipinski definition) is 3. The zero-order chi connectivity index (χ0) is 14.8. The van der Waals surface area contributed by atoms with Gasteiger partial charge in [-0.1, -0.05) is 25.7 Å². The molecule has 114 valence electrons. The molecule has 0 aromatic carbocycles. The molecule has 5 nitrogen and oxygen atoms in total. The fourth-order valence-corrected chi connectivity index (χ4v) is 3.29. The van der Waals surface area contributed by atoms with Crippen LogP contribution in [0.4, 0.5) is 0 Å². The van der Waals surface area contributed by atoms with Gasteiger partial charge in [-0.15, -0.1) is 0 Å². The monoisotopic (exact) mass is 282 g/mol. The lowest BCUT2D eigenvalue weighted by Crippen LogP contribution is -2.59. The molecule has 0 heterocycles. The van der Waals surface area contributed by atoms with E-state index in [4.69, 9.17) is 5.73 Å². The molecule has 5 heteroatoms. The van der Waals surface area contributed by atoms with Gasteiger partial charge in [-0.2, -0.15) is 0 Å². The van der Waals surface area contributed by atoms with Crippen LogP contribution < -0.4 is 11.1 Å². The minimum absolute atomic E-state index is 0.0598. The molecule has 2 aliphatic rings. The number of carbonyl (C=O) groups is 2. The number of rotatable bonds is 5. The van der Waals surface area contributed by atoms with Crippen molar-refractivity contribution in [2.24, 2.45) is 17.1 Å². The zero-order valence-corrected chi connectivity index (χ0v) is 12.3. The largest absolute Gasteiger partial charge is 0.480 e. The molecule has 0 radical (unpaired) electrons. The lowest BCUT2D eigenvalue weighted by atomic mass is 9.78. The predicted molar refractivity (Wildman–Crippen MR) is 76.1 cm³/mol. The van der Waals surface area contributed by atoms with E-state index < -0.39 is 16.9 Å². The highest BCUT2D eigenvalue weighted by Gasteiger charge is 2.51. The normalized spacial score (nSPS) is 25.3. The van der Waals surface area contributed by atoms with Crippen LogP contribution in [0, 0.1) is 11.3 Å². The van der Waals surface area contributed by atoms with Crippen LogP contribution in [0.15, 0.2) is 0 Å². The summed E-state index contributed by atoms with van der Waals surface area (Å²) in [6.45, 7) is 1.94. The fraction of sp³-hybridized carbons (Fsp3) is 0.867. The maximum absolute atomic E-state index is 12.7. The Bertz CT molecular complexity index is 385. The number of nitrogens with one attached hydrogen (secondary N) is 1. The Morgan fingerprint density at radius 3 is 2.20 bits per heavy atom. The van der Waals surface area contributed by atoms with E-state index in [1.165, 1.54) is 0 Å². The highest BCUT2D eigenvalue weighted by atomic mass is 16.4. The molecule has 1 atom stereocenters. The van der Waals surface area contributed by atoms with Crippen molar-refractivity contribution in [3.05, 3.63) is 0 Å². The first kappa shape index (κ1) is 15.3. The van der Waals surface area contributed by atoms with Gasteiger partial charge < -0.3 is 16.2 Å². The molecule has 20 heavy (non-hydrogen) atoms. The Morgan fingerprint density at radius 2 is 1.80 bits per heavy atom. The van der Waals surface area contributed by atoms with Crippen LogP contribution in [0.25, 0.3) is 0 Å². The van der Waals surface area contributed by atoms with E-state index in [-0.39, 0.29) is 11.8 Å². The van der Waals surface area contributed by atoms with Gasteiger partial charge in [-0.3, -0.25) is 4.79 Å². The summed E-state index contributed by atoms with van der Waals surface area (Å²) in [7, 11) is 0. The summed E-state index contributed by atoms with van der Waals surface area (Å²) in [6, 6.07) is 0. The first-order chi connectivity index (χ1) is 9.44. The second kappa shape index (κ2) is 5.72. The van der Waals surface area contributed by atoms with E-state index in [0.29, 0.717) is 6.54 Å². The Morgan fingerprint density at radius 1 is 1.25 bits per heavy atom. The molecule has 2 saturated carbocycles. The summed E-state index contributed by atoms with van der Waals surface area (Å²) in [5, 5.41) is 12.3. The third-order valence-corrected chi connectivity index (χ3v) is 5.14. The molecule has 0 bridgehead atoms. The van der Waals surface area contributed by atoms with Crippen LogP contribution in [0.1, 0.15) is 58.3 Å². The van der Waals surface area contributed by atoms with Gasteiger partial charge in [0.2, 0.25) is 5.91 Å². The van der Waals surface area contributed by atoms with E-state index in [1.54, 1.807) is 6.92 Å². The zero-order valence-electron chi connectivity index (χ0n) is 12.3. The summed E-state index contributed by atoms with van der Waals surface area (Å²) in [5.74, 6) is -1.03.